The number of anilines is 1. The van der Waals surface area contributed by atoms with Crippen LogP contribution in [0.2, 0.25) is 0 Å². The van der Waals surface area contributed by atoms with Gasteiger partial charge in [0.2, 0.25) is 0 Å². The molecule has 1 fully saturated rings. The van der Waals surface area contributed by atoms with E-state index >= 15 is 0 Å². The summed E-state index contributed by atoms with van der Waals surface area (Å²) in [5.41, 5.74) is 1.63. The van der Waals surface area contributed by atoms with Crippen LogP contribution in [0, 0.1) is 26.2 Å². The van der Waals surface area contributed by atoms with Crippen molar-refractivity contribution < 1.29 is 27.8 Å². The highest BCUT2D eigenvalue weighted by Gasteiger charge is 2.29. The quantitative estimate of drug-likeness (QED) is 0.530. The van der Waals surface area contributed by atoms with Crippen LogP contribution < -0.4 is 5.32 Å². The van der Waals surface area contributed by atoms with Crippen LogP contribution in [0.1, 0.15) is 52.5 Å². The summed E-state index contributed by atoms with van der Waals surface area (Å²) in [6.07, 6.45) is 2.21. The Morgan fingerprint density at radius 2 is 1.97 bits per heavy atom. The lowest BCUT2D eigenvalue weighted by molar-refractivity contribution is -0.139. The summed E-state index contributed by atoms with van der Waals surface area (Å²) in [4.78, 5) is 20.7. The van der Waals surface area contributed by atoms with Gasteiger partial charge in [-0.25, -0.2) is 18.7 Å². The number of alkyl halides is 2. The van der Waals surface area contributed by atoms with Gasteiger partial charge in [-0.05, 0) is 25.0 Å². The van der Waals surface area contributed by atoms with Gasteiger partial charge in [-0.3, -0.25) is 4.79 Å². The maximum atomic E-state index is 13.4. The number of methoxy groups -OCH3 is 1. The number of halogens is 2. The Balaban J connectivity index is 2.06. The molecule has 3 rings (SSSR count). The number of terminal acetylenes is 1. The van der Waals surface area contributed by atoms with Crippen molar-refractivity contribution >= 4 is 11.8 Å². The van der Waals surface area contributed by atoms with E-state index in [4.69, 9.17) is 20.6 Å². The molecular formula is C22H23F2N3O4. The topological polar surface area (TPSA) is 82.6 Å². The number of nitrogens with one attached hydrogen (secondary N) is 1. The van der Waals surface area contributed by atoms with E-state index in [1.807, 2.05) is 0 Å². The largest absolute Gasteiger partial charge is 0.469 e. The van der Waals surface area contributed by atoms with Crippen molar-refractivity contribution in [3.8, 4) is 12.3 Å². The lowest BCUT2D eigenvalue weighted by atomic mass is 9.97. The van der Waals surface area contributed by atoms with E-state index in [1.165, 1.54) is 19.2 Å². The van der Waals surface area contributed by atoms with Crippen molar-refractivity contribution in [3.63, 3.8) is 0 Å². The predicted molar refractivity (Wildman–Crippen MR) is 108 cm³/mol. The van der Waals surface area contributed by atoms with Gasteiger partial charge in [0.05, 0.1) is 38.0 Å². The first-order chi connectivity index (χ1) is 14.8. The number of benzene rings is 1. The maximum Gasteiger partial charge on any atom is 0.311 e. The third-order valence-electron chi connectivity index (χ3n) is 4.94. The Hall–Kier alpha value is -3.09. The number of hydrogen-bond donors (Lipinski definition) is 1. The Morgan fingerprint density at radius 3 is 2.58 bits per heavy atom. The number of aryl methyl sites for hydroxylation is 1. The summed E-state index contributed by atoms with van der Waals surface area (Å²) in [6, 6.07) is 3.82. The number of ether oxygens (including phenoxy) is 3. The van der Waals surface area contributed by atoms with E-state index in [-0.39, 0.29) is 12.0 Å². The van der Waals surface area contributed by atoms with Crippen LogP contribution in [0.15, 0.2) is 18.2 Å². The minimum absolute atomic E-state index is 0.0903. The fourth-order valence-corrected chi connectivity index (χ4v) is 3.43. The third-order valence-corrected chi connectivity index (χ3v) is 4.94. The SMILES string of the molecule is C#CC(Nc1nc(C)nc(CC(=O)OC)c1C1OCCO1)c1cccc(C(F)F)c1C. The molecule has 0 spiro atoms. The average molecular weight is 431 g/mol. The molecule has 31 heavy (non-hydrogen) atoms. The molecule has 1 saturated heterocycles. The zero-order valence-corrected chi connectivity index (χ0v) is 17.4. The zero-order chi connectivity index (χ0) is 22.5. The van der Waals surface area contributed by atoms with Gasteiger partial charge in [0.1, 0.15) is 17.7 Å². The second kappa shape index (κ2) is 9.81. The minimum atomic E-state index is -2.62. The number of carbonyl (C=O) groups is 1. The second-order valence-corrected chi connectivity index (χ2v) is 6.91. The van der Waals surface area contributed by atoms with Gasteiger partial charge in [-0.2, -0.15) is 0 Å². The van der Waals surface area contributed by atoms with E-state index in [0.717, 1.165) is 0 Å². The van der Waals surface area contributed by atoms with Crippen LogP contribution in [0.5, 0.6) is 0 Å². The fraction of sp³-hybridized carbons (Fsp3) is 0.409. The Bertz CT molecular complexity index is 1000. The second-order valence-electron chi connectivity index (χ2n) is 6.91. The summed E-state index contributed by atoms with van der Waals surface area (Å²) in [5, 5.41) is 3.13. The monoisotopic (exact) mass is 431 g/mol. The third kappa shape index (κ3) is 4.98. The molecule has 0 radical (unpaired) electrons. The molecular weight excluding hydrogens is 408 g/mol. The van der Waals surface area contributed by atoms with Crippen LogP contribution in [0.4, 0.5) is 14.6 Å². The number of rotatable bonds is 7. The normalized spacial score (nSPS) is 15.0. The Morgan fingerprint density at radius 1 is 1.29 bits per heavy atom. The standard InChI is InChI=1S/C22H23F2N3O4/c1-5-16(14-7-6-8-15(12(14)2)20(23)24)27-21-19(22-30-9-10-31-22)17(11-18(28)29-4)25-13(3)26-21/h1,6-8,16,20,22H,9-11H2,2-4H3,(H,25,26,27). The first-order valence-corrected chi connectivity index (χ1v) is 9.63. The summed E-state index contributed by atoms with van der Waals surface area (Å²) in [7, 11) is 1.28. The summed E-state index contributed by atoms with van der Waals surface area (Å²) < 4.78 is 42.7. The molecule has 0 bridgehead atoms. The summed E-state index contributed by atoms with van der Waals surface area (Å²) in [5.74, 6) is 2.80. The van der Waals surface area contributed by atoms with E-state index in [0.29, 0.717) is 47.2 Å². The van der Waals surface area contributed by atoms with Crippen molar-refractivity contribution in [2.24, 2.45) is 0 Å². The lowest BCUT2D eigenvalue weighted by Gasteiger charge is -2.23. The first kappa shape index (κ1) is 22.6. The molecule has 1 atom stereocenters. The molecule has 164 valence electrons. The molecule has 1 N–H and O–H groups in total. The van der Waals surface area contributed by atoms with Crippen LogP contribution in [-0.4, -0.2) is 36.3 Å². The van der Waals surface area contributed by atoms with Crippen LogP contribution in [-0.2, 0) is 25.4 Å². The van der Waals surface area contributed by atoms with Gasteiger partial charge < -0.3 is 19.5 Å². The fourth-order valence-electron chi connectivity index (χ4n) is 3.43. The van der Waals surface area contributed by atoms with Crippen LogP contribution in [0.25, 0.3) is 0 Å². The molecule has 1 aliphatic rings. The van der Waals surface area contributed by atoms with Gasteiger partial charge in [-0.15, -0.1) is 6.42 Å². The van der Waals surface area contributed by atoms with Gasteiger partial charge in [-0.1, -0.05) is 24.1 Å². The van der Waals surface area contributed by atoms with E-state index in [9.17, 15) is 13.6 Å². The Labute approximate surface area is 179 Å². The molecule has 0 amide bonds. The van der Waals surface area contributed by atoms with Gasteiger partial charge in [0, 0.05) is 5.56 Å². The number of nitrogens with zero attached hydrogens (tertiary/aromatic N) is 2. The highest BCUT2D eigenvalue weighted by atomic mass is 19.3. The Kier molecular flexibility index (Phi) is 7.15. The van der Waals surface area contributed by atoms with Gasteiger partial charge in [0.15, 0.2) is 6.29 Å². The molecule has 1 aromatic heterocycles. The molecule has 1 aliphatic heterocycles. The number of hydrogen-bond acceptors (Lipinski definition) is 7. The summed E-state index contributed by atoms with van der Waals surface area (Å²) in [6.45, 7) is 3.99. The maximum absolute atomic E-state index is 13.4. The molecule has 2 heterocycles. The molecule has 0 saturated carbocycles. The summed E-state index contributed by atoms with van der Waals surface area (Å²) >= 11 is 0. The number of esters is 1. The lowest BCUT2D eigenvalue weighted by Crippen LogP contribution is -2.19. The average Bonchev–Trinajstić information content (AvgIpc) is 3.26. The van der Waals surface area contributed by atoms with Crippen molar-refractivity contribution in [3.05, 3.63) is 52.0 Å². The highest BCUT2D eigenvalue weighted by Crippen LogP contribution is 2.35. The van der Waals surface area contributed by atoms with Crippen LogP contribution >= 0.6 is 0 Å². The number of aromatic nitrogens is 2. The molecule has 0 aliphatic carbocycles. The highest BCUT2D eigenvalue weighted by molar-refractivity contribution is 5.73. The zero-order valence-electron chi connectivity index (χ0n) is 17.4. The number of carbonyl (C=O) groups excluding carboxylic acids is 1. The first-order valence-electron chi connectivity index (χ1n) is 9.63. The van der Waals surface area contributed by atoms with E-state index < -0.39 is 24.7 Å². The molecule has 1 aromatic carbocycles. The van der Waals surface area contributed by atoms with Crippen molar-refractivity contribution in [2.75, 3.05) is 25.6 Å². The van der Waals surface area contributed by atoms with E-state index in [1.54, 1.807) is 19.9 Å². The van der Waals surface area contributed by atoms with Crippen molar-refractivity contribution in [1.82, 2.24) is 9.97 Å². The molecule has 1 unspecified atom stereocenters. The van der Waals surface area contributed by atoms with Crippen LogP contribution in [0.3, 0.4) is 0 Å². The smallest absolute Gasteiger partial charge is 0.311 e. The molecule has 7 nitrogen and oxygen atoms in total. The van der Waals surface area contributed by atoms with Gasteiger partial charge in [0.25, 0.3) is 6.43 Å². The predicted octanol–water partition coefficient (Wildman–Crippen LogP) is 3.58. The van der Waals surface area contributed by atoms with Crippen molar-refractivity contribution in [2.45, 2.75) is 39.0 Å². The van der Waals surface area contributed by atoms with Gasteiger partial charge >= 0.3 is 5.97 Å². The molecule has 9 heteroatoms. The molecule has 2 aromatic rings. The minimum Gasteiger partial charge on any atom is -0.469 e. The van der Waals surface area contributed by atoms with Crippen molar-refractivity contribution in [1.29, 1.82) is 0 Å². The van der Waals surface area contributed by atoms with E-state index in [2.05, 4.69) is 21.2 Å².